The molecule has 0 saturated heterocycles. The number of ether oxygens (including phenoxy) is 1. The van der Waals surface area contributed by atoms with Crippen molar-refractivity contribution in [2.75, 3.05) is 26.8 Å². The van der Waals surface area contributed by atoms with Crippen LogP contribution in [-0.4, -0.2) is 26.8 Å². The van der Waals surface area contributed by atoms with Crippen molar-refractivity contribution in [1.29, 1.82) is 0 Å². The molecule has 0 spiro atoms. The van der Waals surface area contributed by atoms with Crippen molar-refractivity contribution in [3.8, 4) is 0 Å². The molecule has 0 aliphatic carbocycles. The van der Waals surface area contributed by atoms with Crippen molar-refractivity contribution >= 4 is 0 Å². The van der Waals surface area contributed by atoms with Crippen LogP contribution < -0.4 is 5.32 Å². The van der Waals surface area contributed by atoms with Gasteiger partial charge >= 0.3 is 0 Å². The van der Waals surface area contributed by atoms with Crippen molar-refractivity contribution in [3.05, 3.63) is 35.4 Å². The highest BCUT2D eigenvalue weighted by Gasteiger charge is 2.14. The van der Waals surface area contributed by atoms with Crippen LogP contribution in [0.1, 0.15) is 44.2 Å². The van der Waals surface area contributed by atoms with Gasteiger partial charge < -0.3 is 10.1 Å². The molecular formula is C19H33NO. The second-order valence-corrected chi connectivity index (χ2v) is 6.32. The van der Waals surface area contributed by atoms with Gasteiger partial charge in [-0.05, 0) is 49.3 Å². The fraction of sp³-hybridized carbons (Fsp3) is 0.684. The first kappa shape index (κ1) is 18.2. The summed E-state index contributed by atoms with van der Waals surface area (Å²) in [6.45, 7) is 9.73. The van der Waals surface area contributed by atoms with Gasteiger partial charge in [0.1, 0.15) is 0 Å². The first-order valence-corrected chi connectivity index (χ1v) is 8.41. The molecule has 0 bridgehead atoms. The number of aryl methyl sites for hydroxylation is 1. The van der Waals surface area contributed by atoms with Crippen LogP contribution in [-0.2, 0) is 11.2 Å². The minimum absolute atomic E-state index is 0.713. The molecular weight excluding hydrogens is 258 g/mol. The minimum Gasteiger partial charge on any atom is -0.383 e. The maximum atomic E-state index is 5.12. The molecule has 0 aliphatic heterocycles. The van der Waals surface area contributed by atoms with Gasteiger partial charge in [0.2, 0.25) is 0 Å². The third-order valence-electron chi connectivity index (χ3n) is 4.20. The molecule has 0 fully saturated rings. The maximum Gasteiger partial charge on any atom is 0.0587 e. The van der Waals surface area contributed by atoms with Crippen LogP contribution in [0.15, 0.2) is 24.3 Å². The van der Waals surface area contributed by atoms with E-state index >= 15 is 0 Å². The van der Waals surface area contributed by atoms with Gasteiger partial charge in [-0.15, -0.1) is 0 Å². The summed E-state index contributed by atoms with van der Waals surface area (Å²) >= 11 is 0. The van der Waals surface area contributed by atoms with Crippen LogP contribution in [0.3, 0.4) is 0 Å². The van der Waals surface area contributed by atoms with Gasteiger partial charge in [0, 0.05) is 13.7 Å². The fourth-order valence-corrected chi connectivity index (χ4v) is 3.05. The number of rotatable bonds is 11. The Morgan fingerprint density at radius 1 is 1.24 bits per heavy atom. The highest BCUT2D eigenvalue weighted by molar-refractivity contribution is 5.25. The van der Waals surface area contributed by atoms with E-state index in [1.807, 2.05) is 0 Å². The van der Waals surface area contributed by atoms with Crippen molar-refractivity contribution in [2.24, 2.45) is 11.8 Å². The molecule has 2 nitrogen and oxygen atoms in total. The molecule has 120 valence electrons. The van der Waals surface area contributed by atoms with E-state index in [1.54, 1.807) is 7.11 Å². The van der Waals surface area contributed by atoms with Crippen molar-refractivity contribution in [1.82, 2.24) is 5.32 Å². The second kappa shape index (κ2) is 10.8. The average molecular weight is 291 g/mol. The van der Waals surface area contributed by atoms with Crippen LogP contribution in [0, 0.1) is 18.8 Å². The van der Waals surface area contributed by atoms with E-state index in [0.717, 1.165) is 25.6 Å². The van der Waals surface area contributed by atoms with Crippen molar-refractivity contribution < 1.29 is 4.74 Å². The van der Waals surface area contributed by atoms with Crippen LogP contribution in [0.5, 0.6) is 0 Å². The van der Waals surface area contributed by atoms with E-state index in [9.17, 15) is 0 Å². The Morgan fingerprint density at radius 3 is 2.67 bits per heavy atom. The first-order valence-electron chi connectivity index (χ1n) is 8.41. The Bertz CT molecular complexity index is 378. The lowest BCUT2D eigenvalue weighted by atomic mass is 9.87. The summed E-state index contributed by atoms with van der Waals surface area (Å²) < 4.78 is 5.12. The van der Waals surface area contributed by atoms with Gasteiger partial charge in [0.05, 0.1) is 6.61 Å². The zero-order chi connectivity index (χ0) is 15.5. The molecule has 0 saturated carbocycles. The fourth-order valence-electron chi connectivity index (χ4n) is 3.05. The van der Waals surface area contributed by atoms with E-state index < -0.39 is 0 Å². The van der Waals surface area contributed by atoms with E-state index in [0.29, 0.717) is 5.92 Å². The monoisotopic (exact) mass is 291 g/mol. The number of nitrogens with one attached hydrogen (secondary N) is 1. The number of methoxy groups -OCH3 is 1. The topological polar surface area (TPSA) is 21.3 Å². The normalized spacial score (nSPS) is 14.1. The summed E-state index contributed by atoms with van der Waals surface area (Å²) in [5.41, 5.74) is 2.92. The molecule has 1 rings (SSSR count). The lowest BCUT2D eigenvalue weighted by molar-refractivity contribution is 0.196. The van der Waals surface area contributed by atoms with Gasteiger partial charge in [-0.2, -0.15) is 0 Å². The summed E-state index contributed by atoms with van der Waals surface area (Å²) in [6, 6.07) is 8.79. The van der Waals surface area contributed by atoms with Gasteiger partial charge in [0.15, 0.2) is 0 Å². The average Bonchev–Trinajstić information content (AvgIpc) is 2.46. The Morgan fingerprint density at radius 2 is 2.00 bits per heavy atom. The van der Waals surface area contributed by atoms with Crippen molar-refractivity contribution in [2.45, 2.75) is 46.5 Å². The highest BCUT2D eigenvalue weighted by Crippen LogP contribution is 2.21. The Kier molecular flexibility index (Phi) is 9.36. The molecule has 0 aliphatic rings. The van der Waals surface area contributed by atoms with Crippen LogP contribution >= 0.6 is 0 Å². The van der Waals surface area contributed by atoms with E-state index in [-0.39, 0.29) is 0 Å². The van der Waals surface area contributed by atoms with E-state index in [1.165, 1.54) is 36.8 Å². The van der Waals surface area contributed by atoms with Crippen LogP contribution in [0.4, 0.5) is 0 Å². The van der Waals surface area contributed by atoms with Crippen molar-refractivity contribution in [3.63, 3.8) is 0 Å². The third kappa shape index (κ3) is 7.63. The molecule has 2 atom stereocenters. The molecule has 1 aromatic rings. The lowest BCUT2D eigenvalue weighted by Crippen LogP contribution is -2.28. The summed E-state index contributed by atoms with van der Waals surface area (Å²) in [6.07, 6.45) is 5.11. The van der Waals surface area contributed by atoms with Crippen LogP contribution in [0.25, 0.3) is 0 Å². The second-order valence-electron chi connectivity index (χ2n) is 6.32. The van der Waals surface area contributed by atoms with Gasteiger partial charge in [-0.3, -0.25) is 0 Å². The molecule has 0 aromatic heterocycles. The Hall–Kier alpha value is -0.860. The van der Waals surface area contributed by atoms with Gasteiger partial charge in [-0.1, -0.05) is 51.0 Å². The van der Waals surface area contributed by atoms with E-state index in [4.69, 9.17) is 4.74 Å². The Balaban J connectivity index is 2.55. The minimum atomic E-state index is 0.713. The summed E-state index contributed by atoms with van der Waals surface area (Å²) in [7, 11) is 1.76. The third-order valence-corrected chi connectivity index (χ3v) is 4.20. The largest absolute Gasteiger partial charge is 0.383 e. The van der Waals surface area contributed by atoms with Gasteiger partial charge in [0.25, 0.3) is 0 Å². The molecule has 2 unspecified atom stereocenters. The molecule has 1 N–H and O–H groups in total. The zero-order valence-corrected chi connectivity index (χ0v) is 14.3. The highest BCUT2D eigenvalue weighted by atomic mass is 16.5. The van der Waals surface area contributed by atoms with Crippen LogP contribution in [0.2, 0.25) is 0 Å². The summed E-state index contributed by atoms with van der Waals surface area (Å²) in [4.78, 5) is 0. The molecule has 1 aromatic carbocycles. The van der Waals surface area contributed by atoms with Gasteiger partial charge in [-0.25, -0.2) is 0 Å². The summed E-state index contributed by atoms with van der Waals surface area (Å²) in [5.74, 6) is 1.53. The zero-order valence-electron chi connectivity index (χ0n) is 14.3. The smallest absolute Gasteiger partial charge is 0.0587 e. The Labute approximate surface area is 131 Å². The standard InChI is InChI=1S/C19H33NO/c1-5-8-16(2)13-18(15-20-11-12-21-4)14-19-10-7-6-9-17(19)3/h6-7,9-10,16,18,20H,5,8,11-15H2,1-4H3. The molecule has 0 radical (unpaired) electrons. The predicted octanol–water partition coefficient (Wildman–Crippen LogP) is 4.22. The first-order chi connectivity index (χ1) is 10.2. The molecule has 0 heterocycles. The molecule has 2 heteroatoms. The quantitative estimate of drug-likeness (QED) is 0.616. The number of benzene rings is 1. The molecule has 21 heavy (non-hydrogen) atoms. The molecule has 0 amide bonds. The lowest BCUT2D eigenvalue weighted by Gasteiger charge is -2.22. The number of hydrogen-bond donors (Lipinski definition) is 1. The number of hydrogen-bond acceptors (Lipinski definition) is 2. The predicted molar refractivity (Wildman–Crippen MR) is 91.8 cm³/mol. The van der Waals surface area contributed by atoms with E-state index in [2.05, 4.69) is 50.4 Å². The maximum absolute atomic E-state index is 5.12. The summed E-state index contributed by atoms with van der Waals surface area (Å²) in [5, 5.41) is 3.55. The SMILES string of the molecule is CCCC(C)CC(CNCCOC)Cc1ccccc1C.